The molecule has 4 rings (SSSR count). The largest absolute Gasteiger partial charge is 0.375 e. The minimum atomic E-state index is 0.140. The van der Waals surface area contributed by atoms with Crippen molar-refractivity contribution in [1.29, 1.82) is 0 Å². The van der Waals surface area contributed by atoms with Crippen LogP contribution >= 0.6 is 12.2 Å². The molecule has 1 fully saturated rings. The van der Waals surface area contributed by atoms with Crippen molar-refractivity contribution in [3.8, 4) is 0 Å². The molecule has 1 aromatic carbocycles. The molecule has 2 N–H and O–H groups in total. The van der Waals surface area contributed by atoms with Crippen molar-refractivity contribution in [2.24, 2.45) is 22.7 Å². The first-order valence-electron chi connectivity index (χ1n) is 7.36. The third-order valence-corrected chi connectivity index (χ3v) is 4.87. The molecule has 2 aliphatic carbocycles. The van der Waals surface area contributed by atoms with E-state index in [4.69, 9.17) is 23.1 Å². The van der Waals surface area contributed by atoms with Crippen LogP contribution in [0.4, 0.5) is 0 Å². The third kappa shape index (κ3) is 1.94. The Balaban J connectivity index is 1.77. The fourth-order valence-electron chi connectivity index (χ4n) is 3.76. The molecule has 0 bridgehead atoms. The van der Waals surface area contributed by atoms with Crippen LogP contribution in [0.1, 0.15) is 24.4 Å². The van der Waals surface area contributed by atoms with Crippen LogP contribution in [-0.2, 0) is 0 Å². The van der Waals surface area contributed by atoms with Gasteiger partial charge in [-0.3, -0.25) is 0 Å². The molecule has 4 heteroatoms. The van der Waals surface area contributed by atoms with Gasteiger partial charge in [-0.15, -0.1) is 0 Å². The predicted octanol–water partition coefficient (Wildman–Crippen LogP) is 3.17. The van der Waals surface area contributed by atoms with Crippen molar-refractivity contribution in [3.63, 3.8) is 0 Å². The minimum absolute atomic E-state index is 0.140. The van der Waals surface area contributed by atoms with Crippen LogP contribution in [0.2, 0.25) is 0 Å². The van der Waals surface area contributed by atoms with E-state index in [1.54, 1.807) is 0 Å². The lowest BCUT2D eigenvalue weighted by molar-refractivity contribution is 0.301. The zero-order valence-electron chi connectivity index (χ0n) is 11.6. The SMILES string of the molecule is NC(=S)N1N=C2C3=CC=CC3CC[C@@H]2[C@@H]1c1ccccc1. The Labute approximate surface area is 129 Å². The number of rotatable bonds is 1. The lowest BCUT2D eigenvalue weighted by Gasteiger charge is -2.31. The molecular formula is C17H17N3S. The summed E-state index contributed by atoms with van der Waals surface area (Å²) in [5, 5.41) is 6.98. The number of hydrazone groups is 1. The van der Waals surface area contributed by atoms with E-state index in [-0.39, 0.29) is 6.04 Å². The maximum absolute atomic E-state index is 5.93. The van der Waals surface area contributed by atoms with Gasteiger partial charge in [0.15, 0.2) is 5.11 Å². The maximum atomic E-state index is 5.93. The number of thiocarbonyl (C=S) groups is 1. The van der Waals surface area contributed by atoms with Crippen molar-refractivity contribution < 1.29 is 0 Å². The first kappa shape index (κ1) is 12.8. The summed E-state index contributed by atoms with van der Waals surface area (Å²) in [6.07, 6.45) is 8.92. The van der Waals surface area contributed by atoms with Gasteiger partial charge in [0.2, 0.25) is 0 Å². The normalized spacial score (nSPS) is 29.7. The molecule has 3 atom stereocenters. The molecular weight excluding hydrogens is 278 g/mol. The molecule has 0 spiro atoms. The summed E-state index contributed by atoms with van der Waals surface area (Å²) in [4.78, 5) is 0. The number of hydrogen-bond acceptors (Lipinski definition) is 2. The highest BCUT2D eigenvalue weighted by atomic mass is 32.1. The van der Waals surface area contributed by atoms with Crippen LogP contribution in [-0.4, -0.2) is 15.8 Å². The predicted molar refractivity (Wildman–Crippen MR) is 88.7 cm³/mol. The summed E-state index contributed by atoms with van der Waals surface area (Å²) in [6.45, 7) is 0. The van der Waals surface area contributed by atoms with Crippen LogP contribution in [0.5, 0.6) is 0 Å². The fourth-order valence-corrected chi connectivity index (χ4v) is 3.91. The maximum Gasteiger partial charge on any atom is 0.187 e. The van der Waals surface area contributed by atoms with Gasteiger partial charge in [-0.1, -0.05) is 48.6 Å². The molecule has 1 saturated carbocycles. The molecule has 3 aliphatic rings. The van der Waals surface area contributed by atoms with E-state index in [1.165, 1.54) is 23.3 Å². The molecule has 0 radical (unpaired) electrons. The second kappa shape index (κ2) is 4.81. The van der Waals surface area contributed by atoms with E-state index in [1.807, 2.05) is 11.1 Å². The van der Waals surface area contributed by atoms with Gasteiger partial charge in [0, 0.05) is 11.8 Å². The molecule has 0 aromatic heterocycles. The van der Waals surface area contributed by atoms with Crippen LogP contribution < -0.4 is 5.73 Å². The first-order valence-corrected chi connectivity index (χ1v) is 7.77. The van der Waals surface area contributed by atoms with E-state index in [2.05, 4.69) is 42.5 Å². The Morgan fingerprint density at radius 3 is 2.81 bits per heavy atom. The Kier molecular flexibility index (Phi) is 2.93. The van der Waals surface area contributed by atoms with Gasteiger partial charge >= 0.3 is 0 Å². The Bertz CT molecular complexity index is 675. The molecule has 21 heavy (non-hydrogen) atoms. The Morgan fingerprint density at radius 1 is 1.24 bits per heavy atom. The van der Waals surface area contributed by atoms with Gasteiger partial charge in [-0.2, -0.15) is 5.10 Å². The van der Waals surface area contributed by atoms with Crippen molar-refractivity contribution in [2.45, 2.75) is 18.9 Å². The molecule has 1 aromatic rings. The topological polar surface area (TPSA) is 41.6 Å². The van der Waals surface area contributed by atoms with E-state index in [9.17, 15) is 0 Å². The molecule has 1 aliphatic heterocycles. The monoisotopic (exact) mass is 295 g/mol. The number of nitrogens with two attached hydrogens (primary N) is 1. The van der Waals surface area contributed by atoms with Crippen molar-refractivity contribution in [2.75, 3.05) is 0 Å². The van der Waals surface area contributed by atoms with Crippen LogP contribution in [0.15, 0.2) is 59.2 Å². The number of fused-ring (bicyclic) bond motifs is 3. The molecule has 0 amide bonds. The van der Waals surface area contributed by atoms with E-state index in [0.717, 1.165) is 6.42 Å². The van der Waals surface area contributed by atoms with Gasteiger partial charge in [0.05, 0.1) is 11.8 Å². The lowest BCUT2D eigenvalue weighted by Crippen LogP contribution is -2.35. The average molecular weight is 295 g/mol. The van der Waals surface area contributed by atoms with Gasteiger partial charge in [-0.05, 0) is 36.2 Å². The first-order chi connectivity index (χ1) is 10.3. The minimum Gasteiger partial charge on any atom is -0.375 e. The third-order valence-electron chi connectivity index (χ3n) is 4.68. The Hall–Kier alpha value is -1.94. The quantitative estimate of drug-likeness (QED) is 0.809. The molecule has 1 unspecified atom stereocenters. The summed E-state index contributed by atoms with van der Waals surface area (Å²) in [7, 11) is 0. The second-order valence-corrected chi connectivity index (χ2v) is 6.24. The van der Waals surface area contributed by atoms with Crippen molar-refractivity contribution in [1.82, 2.24) is 5.01 Å². The molecule has 106 valence electrons. The molecule has 0 saturated heterocycles. The lowest BCUT2D eigenvalue weighted by atomic mass is 9.74. The summed E-state index contributed by atoms with van der Waals surface area (Å²) >= 11 is 5.24. The van der Waals surface area contributed by atoms with Gasteiger partial charge in [0.25, 0.3) is 0 Å². The van der Waals surface area contributed by atoms with Crippen LogP contribution in [0.25, 0.3) is 0 Å². The van der Waals surface area contributed by atoms with Crippen molar-refractivity contribution >= 4 is 23.0 Å². The average Bonchev–Trinajstić information content (AvgIpc) is 3.11. The van der Waals surface area contributed by atoms with E-state index >= 15 is 0 Å². The van der Waals surface area contributed by atoms with Crippen molar-refractivity contribution in [3.05, 3.63) is 59.7 Å². The zero-order chi connectivity index (χ0) is 14.4. The van der Waals surface area contributed by atoms with Crippen LogP contribution in [0, 0.1) is 11.8 Å². The summed E-state index contributed by atoms with van der Waals surface area (Å²) < 4.78 is 0. The van der Waals surface area contributed by atoms with Gasteiger partial charge < -0.3 is 5.73 Å². The van der Waals surface area contributed by atoms with Gasteiger partial charge in [-0.25, -0.2) is 5.01 Å². The summed E-state index contributed by atoms with van der Waals surface area (Å²) in [5.41, 5.74) is 9.70. The highest BCUT2D eigenvalue weighted by Crippen LogP contribution is 2.46. The number of nitrogens with zero attached hydrogens (tertiary/aromatic N) is 2. The van der Waals surface area contributed by atoms with Gasteiger partial charge in [0.1, 0.15) is 0 Å². The highest BCUT2D eigenvalue weighted by molar-refractivity contribution is 7.80. The van der Waals surface area contributed by atoms with E-state index in [0.29, 0.717) is 16.9 Å². The molecule has 1 heterocycles. The fraction of sp³-hybridized carbons (Fsp3) is 0.294. The smallest absolute Gasteiger partial charge is 0.187 e. The van der Waals surface area contributed by atoms with E-state index < -0.39 is 0 Å². The summed E-state index contributed by atoms with van der Waals surface area (Å²) in [6, 6.07) is 10.6. The number of benzene rings is 1. The number of hydrogen-bond donors (Lipinski definition) is 1. The number of allylic oxidation sites excluding steroid dienone is 4. The summed E-state index contributed by atoms with van der Waals surface area (Å²) in [5.74, 6) is 0.916. The highest BCUT2D eigenvalue weighted by Gasteiger charge is 2.44. The Morgan fingerprint density at radius 2 is 2.05 bits per heavy atom. The zero-order valence-corrected chi connectivity index (χ0v) is 12.5. The standard InChI is InChI=1S/C17H17N3S/c18-17(21)20-16(12-5-2-1-3-6-12)14-10-9-11-7-4-8-13(11)15(14)19-20/h1-8,11,14,16H,9-10H2,(H2,18,21)/t11?,14-,16-/m0/s1. The second-order valence-electron chi connectivity index (χ2n) is 5.82. The molecule has 3 nitrogen and oxygen atoms in total. The van der Waals surface area contributed by atoms with Crippen LogP contribution in [0.3, 0.4) is 0 Å².